The van der Waals surface area contributed by atoms with Gasteiger partial charge in [-0.1, -0.05) is 12.1 Å². The molecule has 0 saturated heterocycles. The van der Waals surface area contributed by atoms with Gasteiger partial charge in [-0.15, -0.1) is 0 Å². The first-order valence-electron chi connectivity index (χ1n) is 5.20. The van der Waals surface area contributed by atoms with Crippen LogP contribution in [0.1, 0.15) is 12.1 Å². The van der Waals surface area contributed by atoms with Crippen LogP contribution in [0.15, 0.2) is 34.9 Å². The lowest BCUT2D eigenvalue weighted by atomic mass is 10.2. The van der Waals surface area contributed by atoms with Crippen LogP contribution >= 0.6 is 0 Å². The van der Waals surface area contributed by atoms with Gasteiger partial charge < -0.3 is 10.2 Å². The molecule has 16 heavy (non-hydrogen) atoms. The van der Waals surface area contributed by atoms with Crippen LogP contribution in [-0.4, -0.2) is 11.5 Å². The molecule has 1 aromatic heterocycles. The molecule has 0 bridgehead atoms. The number of benzene rings is 1. The third-order valence-electron chi connectivity index (χ3n) is 2.29. The van der Waals surface area contributed by atoms with Crippen LogP contribution in [-0.2, 0) is 6.42 Å². The number of aryl methyl sites for hydroxylation is 1. The fourth-order valence-electron chi connectivity index (χ4n) is 1.46. The van der Waals surface area contributed by atoms with Gasteiger partial charge in [0, 0.05) is 0 Å². The molecule has 0 radical (unpaired) electrons. The van der Waals surface area contributed by atoms with Gasteiger partial charge >= 0.3 is 0 Å². The van der Waals surface area contributed by atoms with Gasteiger partial charge in [-0.2, -0.15) is 0 Å². The van der Waals surface area contributed by atoms with Crippen molar-refractivity contribution in [3.63, 3.8) is 0 Å². The Morgan fingerprint density at radius 1 is 1.31 bits per heavy atom. The van der Waals surface area contributed by atoms with Crippen LogP contribution in [0.4, 0.5) is 4.39 Å². The van der Waals surface area contributed by atoms with E-state index in [9.17, 15) is 4.39 Å². The molecule has 0 spiro atoms. The van der Waals surface area contributed by atoms with Gasteiger partial charge in [0.05, 0.1) is 11.3 Å². The first-order chi connectivity index (χ1) is 7.81. The number of aromatic nitrogens is 1. The summed E-state index contributed by atoms with van der Waals surface area (Å²) in [5, 5.41) is 0. The average molecular weight is 220 g/mol. The van der Waals surface area contributed by atoms with E-state index in [0.717, 1.165) is 18.5 Å². The number of rotatable bonds is 4. The average Bonchev–Trinajstić information content (AvgIpc) is 2.75. The van der Waals surface area contributed by atoms with E-state index >= 15 is 0 Å². The number of hydrogen-bond acceptors (Lipinski definition) is 3. The smallest absolute Gasteiger partial charge is 0.229 e. The molecular weight excluding hydrogens is 207 g/mol. The molecule has 0 saturated carbocycles. The summed E-state index contributed by atoms with van der Waals surface area (Å²) in [6.45, 7) is 0.613. The Hall–Kier alpha value is -1.68. The number of oxazole rings is 1. The Labute approximate surface area is 93.1 Å². The molecule has 2 N–H and O–H groups in total. The third-order valence-corrected chi connectivity index (χ3v) is 2.29. The molecule has 1 aromatic carbocycles. The first-order valence-corrected chi connectivity index (χ1v) is 5.20. The summed E-state index contributed by atoms with van der Waals surface area (Å²) in [6.07, 6.45) is 3.16. The van der Waals surface area contributed by atoms with Crippen LogP contribution < -0.4 is 5.73 Å². The van der Waals surface area contributed by atoms with Gasteiger partial charge in [-0.05, 0) is 31.5 Å². The van der Waals surface area contributed by atoms with E-state index in [1.165, 1.54) is 6.07 Å². The fraction of sp³-hybridized carbons (Fsp3) is 0.250. The van der Waals surface area contributed by atoms with Gasteiger partial charge in [-0.25, -0.2) is 9.37 Å². The lowest BCUT2D eigenvalue weighted by Gasteiger charge is -1.96. The predicted molar refractivity (Wildman–Crippen MR) is 59.3 cm³/mol. The van der Waals surface area contributed by atoms with Crippen LogP contribution in [0, 0.1) is 5.82 Å². The van der Waals surface area contributed by atoms with Gasteiger partial charge in [0.25, 0.3) is 0 Å². The molecule has 3 nitrogen and oxygen atoms in total. The minimum Gasteiger partial charge on any atom is -0.444 e. The zero-order valence-electron chi connectivity index (χ0n) is 8.82. The van der Waals surface area contributed by atoms with E-state index in [2.05, 4.69) is 4.98 Å². The summed E-state index contributed by atoms with van der Waals surface area (Å²) in [4.78, 5) is 4.22. The topological polar surface area (TPSA) is 52.0 Å². The Balaban J connectivity index is 2.22. The Bertz CT molecular complexity index is 468. The highest BCUT2D eigenvalue weighted by Crippen LogP contribution is 2.21. The van der Waals surface area contributed by atoms with E-state index < -0.39 is 0 Å². The van der Waals surface area contributed by atoms with Crippen molar-refractivity contribution in [1.29, 1.82) is 0 Å². The molecule has 0 aliphatic heterocycles. The second-order valence-corrected chi connectivity index (χ2v) is 3.52. The van der Waals surface area contributed by atoms with Gasteiger partial charge in [0.15, 0.2) is 0 Å². The van der Waals surface area contributed by atoms with E-state index in [-0.39, 0.29) is 5.82 Å². The highest BCUT2D eigenvalue weighted by Gasteiger charge is 2.10. The largest absolute Gasteiger partial charge is 0.444 e. The summed E-state index contributed by atoms with van der Waals surface area (Å²) in [5.74, 6) is -0.000142. The van der Waals surface area contributed by atoms with Crippen LogP contribution in [0.5, 0.6) is 0 Å². The van der Waals surface area contributed by atoms with Gasteiger partial charge in [-0.3, -0.25) is 0 Å². The molecule has 0 aliphatic carbocycles. The zero-order chi connectivity index (χ0) is 11.4. The van der Waals surface area contributed by atoms with Crippen molar-refractivity contribution in [2.75, 3.05) is 6.54 Å². The second-order valence-electron chi connectivity index (χ2n) is 3.52. The third kappa shape index (κ3) is 2.28. The normalized spacial score (nSPS) is 10.6. The molecule has 4 heteroatoms. The summed E-state index contributed by atoms with van der Waals surface area (Å²) in [7, 11) is 0. The minimum absolute atomic E-state index is 0.324. The maximum atomic E-state index is 13.4. The van der Waals surface area contributed by atoms with Gasteiger partial charge in [0.1, 0.15) is 12.1 Å². The highest BCUT2D eigenvalue weighted by molar-refractivity contribution is 5.53. The monoisotopic (exact) mass is 220 g/mol. The van der Waals surface area contributed by atoms with Crippen molar-refractivity contribution in [2.45, 2.75) is 12.8 Å². The maximum Gasteiger partial charge on any atom is 0.229 e. The molecule has 0 unspecified atom stereocenters. The SMILES string of the molecule is NCCCc1coc(-c2ccccc2F)n1. The van der Waals surface area contributed by atoms with E-state index in [1.807, 2.05) is 0 Å². The van der Waals surface area contributed by atoms with Crippen LogP contribution in [0.3, 0.4) is 0 Å². The van der Waals surface area contributed by atoms with Crippen molar-refractivity contribution >= 4 is 0 Å². The number of hydrogen-bond donors (Lipinski definition) is 1. The molecule has 0 aliphatic rings. The fourth-order valence-corrected chi connectivity index (χ4v) is 1.46. The van der Waals surface area contributed by atoms with Crippen molar-refractivity contribution in [2.24, 2.45) is 5.73 Å². The van der Waals surface area contributed by atoms with Crippen molar-refractivity contribution in [1.82, 2.24) is 4.98 Å². The lowest BCUT2D eigenvalue weighted by molar-refractivity contribution is 0.560. The van der Waals surface area contributed by atoms with Gasteiger partial charge in [0.2, 0.25) is 5.89 Å². The summed E-state index contributed by atoms with van der Waals surface area (Å²) in [6, 6.07) is 6.42. The quantitative estimate of drug-likeness (QED) is 0.860. The highest BCUT2D eigenvalue weighted by atomic mass is 19.1. The molecular formula is C12H13FN2O. The van der Waals surface area contributed by atoms with E-state index in [1.54, 1.807) is 24.5 Å². The molecule has 1 heterocycles. The van der Waals surface area contributed by atoms with Crippen molar-refractivity contribution in [3.05, 3.63) is 42.0 Å². The second kappa shape index (κ2) is 4.90. The molecule has 2 rings (SSSR count). The molecule has 0 fully saturated rings. The molecule has 84 valence electrons. The summed E-state index contributed by atoms with van der Waals surface area (Å²) in [5.41, 5.74) is 6.60. The minimum atomic E-state index is -0.324. The standard InChI is InChI=1S/C12H13FN2O/c13-11-6-2-1-5-10(11)12-15-9(8-16-12)4-3-7-14/h1-2,5-6,8H,3-4,7,14H2. The zero-order valence-corrected chi connectivity index (χ0v) is 8.82. The molecule has 0 atom stereocenters. The predicted octanol–water partition coefficient (Wildman–Crippen LogP) is 2.37. The Kier molecular flexibility index (Phi) is 3.31. The molecule has 0 amide bonds. The van der Waals surface area contributed by atoms with Crippen LogP contribution in [0.2, 0.25) is 0 Å². The summed E-state index contributed by atoms with van der Waals surface area (Å²) >= 11 is 0. The van der Waals surface area contributed by atoms with Crippen molar-refractivity contribution < 1.29 is 8.81 Å². The summed E-state index contributed by atoms with van der Waals surface area (Å²) < 4.78 is 18.7. The van der Waals surface area contributed by atoms with E-state index in [4.69, 9.17) is 10.2 Å². The van der Waals surface area contributed by atoms with E-state index in [0.29, 0.717) is 18.0 Å². The maximum absolute atomic E-state index is 13.4. The molecule has 2 aromatic rings. The first kappa shape index (κ1) is 10.8. The van der Waals surface area contributed by atoms with Crippen molar-refractivity contribution in [3.8, 4) is 11.5 Å². The van der Waals surface area contributed by atoms with Crippen LogP contribution in [0.25, 0.3) is 11.5 Å². The lowest BCUT2D eigenvalue weighted by Crippen LogP contribution is -2.00. The Morgan fingerprint density at radius 3 is 2.88 bits per heavy atom. The number of halogens is 1. The number of nitrogens with zero attached hydrogens (tertiary/aromatic N) is 1. The number of nitrogens with two attached hydrogens (primary N) is 1. The Morgan fingerprint density at radius 2 is 2.12 bits per heavy atom.